The third kappa shape index (κ3) is 2.59. The van der Waals surface area contributed by atoms with E-state index in [9.17, 15) is 0 Å². The van der Waals surface area contributed by atoms with E-state index in [0.717, 1.165) is 11.4 Å². The van der Waals surface area contributed by atoms with E-state index in [2.05, 4.69) is 17.5 Å². The first kappa shape index (κ1) is 10.7. The molecule has 0 unspecified atom stereocenters. The zero-order chi connectivity index (χ0) is 10.7. The molecule has 1 aromatic heterocycles. The van der Waals surface area contributed by atoms with Crippen molar-refractivity contribution in [2.45, 2.75) is 13.0 Å². The molecule has 2 rings (SSSR count). The number of hydrogen-bond acceptors (Lipinski definition) is 2. The summed E-state index contributed by atoms with van der Waals surface area (Å²) in [5, 5.41) is 2.87. The van der Waals surface area contributed by atoms with Crippen molar-refractivity contribution < 1.29 is 0 Å². The Bertz CT molecular complexity index is 450. The highest BCUT2D eigenvalue weighted by Crippen LogP contribution is 2.21. The van der Waals surface area contributed by atoms with Crippen molar-refractivity contribution in [2.24, 2.45) is 5.73 Å². The van der Waals surface area contributed by atoms with Gasteiger partial charge in [-0.2, -0.15) is 0 Å². The van der Waals surface area contributed by atoms with Gasteiger partial charge in [0.05, 0.1) is 0 Å². The lowest BCUT2D eigenvalue weighted by Crippen LogP contribution is -1.97. The molecule has 0 spiro atoms. The molecule has 15 heavy (non-hydrogen) atoms. The fourth-order valence-corrected chi connectivity index (χ4v) is 2.57. The smallest absolute Gasteiger partial charge is 0.0408 e. The van der Waals surface area contributed by atoms with Crippen LogP contribution in [0.1, 0.15) is 16.0 Å². The number of thiophene rings is 1. The lowest BCUT2D eigenvalue weighted by molar-refractivity contribution is 1.06. The van der Waals surface area contributed by atoms with Crippen molar-refractivity contribution in [3.05, 3.63) is 56.7 Å². The van der Waals surface area contributed by atoms with Gasteiger partial charge in [0.1, 0.15) is 0 Å². The monoisotopic (exact) mass is 237 g/mol. The first-order valence-electron chi connectivity index (χ1n) is 4.79. The van der Waals surface area contributed by atoms with Crippen LogP contribution in [0.4, 0.5) is 0 Å². The molecular weight excluding hydrogens is 226 g/mol. The summed E-state index contributed by atoms with van der Waals surface area (Å²) in [6.07, 6.45) is 0.913. The summed E-state index contributed by atoms with van der Waals surface area (Å²) < 4.78 is 0. The molecule has 1 heterocycles. The molecule has 1 nitrogen and oxygen atoms in total. The molecule has 0 amide bonds. The minimum absolute atomic E-state index is 0.619. The normalized spacial score (nSPS) is 10.5. The van der Waals surface area contributed by atoms with Gasteiger partial charge in [-0.1, -0.05) is 23.7 Å². The highest BCUT2D eigenvalue weighted by molar-refractivity contribution is 7.10. The van der Waals surface area contributed by atoms with Gasteiger partial charge >= 0.3 is 0 Å². The van der Waals surface area contributed by atoms with Gasteiger partial charge in [-0.3, -0.25) is 0 Å². The fraction of sp³-hybridized carbons (Fsp3) is 0.167. The predicted molar refractivity (Wildman–Crippen MR) is 66.5 cm³/mol. The average Bonchev–Trinajstić information content (AvgIpc) is 2.65. The van der Waals surface area contributed by atoms with E-state index in [-0.39, 0.29) is 0 Å². The largest absolute Gasteiger partial charge is 0.326 e. The highest BCUT2D eigenvalue weighted by atomic mass is 35.5. The Balaban J connectivity index is 2.22. The van der Waals surface area contributed by atoms with E-state index in [1.54, 1.807) is 11.3 Å². The van der Waals surface area contributed by atoms with E-state index in [4.69, 9.17) is 17.3 Å². The molecule has 0 saturated heterocycles. The number of benzene rings is 1. The lowest BCUT2D eigenvalue weighted by Gasteiger charge is -2.02. The van der Waals surface area contributed by atoms with Crippen molar-refractivity contribution >= 4 is 22.9 Å². The lowest BCUT2D eigenvalue weighted by atomic mass is 10.1. The molecule has 2 aromatic rings. The van der Waals surface area contributed by atoms with E-state index < -0.39 is 0 Å². The zero-order valence-corrected chi connectivity index (χ0v) is 9.81. The predicted octanol–water partition coefficient (Wildman–Crippen LogP) is 3.45. The van der Waals surface area contributed by atoms with Crippen molar-refractivity contribution in [1.29, 1.82) is 0 Å². The molecule has 0 aliphatic rings. The Morgan fingerprint density at radius 3 is 2.87 bits per heavy atom. The number of hydrogen-bond donors (Lipinski definition) is 1. The van der Waals surface area contributed by atoms with Crippen molar-refractivity contribution in [2.75, 3.05) is 0 Å². The first-order valence-corrected chi connectivity index (χ1v) is 6.05. The summed E-state index contributed by atoms with van der Waals surface area (Å²) in [7, 11) is 0. The van der Waals surface area contributed by atoms with Gasteiger partial charge in [-0.15, -0.1) is 11.3 Å². The Hall–Kier alpha value is -0.830. The van der Waals surface area contributed by atoms with E-state index in [1.807, 2.05) is 18.2 Å². The second-order valence-electron chi connectivity index (χ2n) is 3.38. The van der Waals surface area contributed by atoms with Gasteiger partial charge in [0.25, 0.3) is 0 Å². The quantitative estimate of drug-likeness (QED) is 0.870. The Morgan fingerprint density at radius 1 is 1.27 bits per heavy atom. The van der Waals surface area contributed by atoms with Crippen LogP contribution in [0.25, 0.3) is 0 Å². The van der Waals surface area contributed by atoms with Gasteiger partial charge in [0.2, 0.25) is 0 Å². The van der Waals surface area contributed by atoms with Gasteiger partial charge in [0, 0.05) is 16.4 Å². The topological polar surface area (TPSA) is 26.0 Å². The summed E-state index contributed by atoms with van der Waals surface area (Å²) in [5.41, 5.74) is 8.20. The minimum Gasteiger partial charge on any atom is -0.326 e. The molecule has 2 N–H and O–H groups in total. The summed E-state index contributed by atoms with van der Waals surface area (Å²) in [4.78, 5) is 1.26. The molecule has 0 atom stereocenters. The number of nitrogens with two attached hydrogens (primary N) is 1. The third-order valence-electron chi connectivity index (χ3n) is 2.31. The number of halogens is 1. The maximum absolute atomic E-state index is 5.94. The molecule has 78 valence electrons. The maximum Gasteiger partial charge on any atom is 0.0408 e. The van der Waals surface area contributed by atoms with Crippen LogP contribution in [0.3, 0.4) is 0 Å². The molecule has 0 aliphatic carbocycles. The zero-order valence-electron chi connectivity index (χ0n) is 8.24. The molecule has 0 bridgehead atoms. The fourth-order valence-electron chi connectivity index (χ4n) is 1.57. The molecular formula is C12H12ClNS. The molecule has 0 radical (unpaired) electrons. The summed E-state index contributed by atoms with van der Waals surface area (Å²) in [6, 6.07) is 10.1. The van der Waals surface area contributed by atoms with E-state index >= 15 is 0 Å². The Morgan fingerprint density at radius 2 is 2.13 bits per heavy atom. The van der Waals surface area contributed by atoms with Crippen LogP contribution in [-0.2, 0) is 13.0 Å². The highest BCUT2D eigenvalue weighted by Gasteiger charge is 2.03. The number of rotatable bonds is 3. The van der Waals surface area contributed by atoms with Crippen molar-refractivity contribution in [3.63, 3.8) is 0 Å². The van der Waals surface area contributed by atoms with Gasteiger partial charge in [-0.25, -0.2) is 0 Å². The van der Waals surface area contributed by atoms with Gasteiger partial charge < -0.3 is 5.73 Å². The van der Waals surface area contributed by atoms with Crippen molar-refractivity contribution in [3.8, 4) is 0 Å². The average molecular weight is 238 g/mol. The molecule has 3 heteroatoms. The summed E-state index contributed by atoms with van der Waals surface area (Å²) in [6.45, 7) is 0.619. The SMILES string of the molecule is NCc1sccc1Cc1cccc(Cl)c1. The molecule has 1 aromatic carbocycles. The second kappa shape index (κ2) is 4.79. The Kier molecular flexibility index (Phi) is 3.41. The van der Waals surface area contributed by atoms with Crippen LogP contribution in [-0.4, -0.2) is 0 Å². The molecule has 0 saturated carbocycles. The third-order valence-corrected chi connectivity index (χ3v) is 3.53. The molecule has 0 aliphatic heterocycles. The van der Waals surface area contributed by atoms with Crippen LogP contribution in [0.5, 0.6) is 0 Å². The van der Waals surface area contributed by atoms with Gasteiger partial charge in [0.15, 0.2) is 0 Å². The Labute approximate surface area is 98.5 Å². The first-order chi connectivity index (χ1) is 7.29. The van der Waals surface area contributed by atoms with E-state index in [1.165, 1.54) is 16.0 Å². The van der Waals surface area contributed by atoms with Crippen molar-refractivity contribution in [1.82, 2.24) is 0 Å². The van der Waals surface area contributed by atoms with Crippen LogP contribution < -0.4 is 5.73 Å². The second-order valence-corrected chi connectivity index (χ2v) is 4.82. The summed E-state index contributed by atoms with van der Waals surface area (Å²) in [5.74, 6) is 0. The van der Waals surface area contributed by atoms with Crippen LogP contribution in [0.2, 0.25) is 5.02 Å². The summed E-state index contributed by atoms with van der Waals surface area (Å²) >= 11 is 7.65. The van der Waals surface area contributed by atoms with Crippen LogP contribution in [0, 0.1) is 0 Å². The van der Waals surface area contributed by atoms with E-state index in [0.29, 0.717) is 6.54 Å². The van der Waals surface area contributed by atoms with Gasteiger partial charge in [-0.05, 0) is 41.1 Å². The minimum atomic E-state index is 0.619. The maximum atomic E-state index is 5.94. The van der Waals surface area contributed by atoms with Crippen LogP contribution in [0.15, 0.2) is 35.7 Å². The standard InChI is InChI=1S/C12H12ClNS/c13-11-3-1-2-9(7-11)6-10-4-5-15-12(10)8-14/h1-5,7H,6,8,14H2. The molecule has 0 fully saturated rings. The van der Waals surface area contributed by atoms with Crippen LogP contribution >= 0.6 is 22.9 Å².